The van der Waals surface area contributed by atoms with Gasteiger partial charge in [0.15, 0.2) is 11.5 Å². The van der Waals surface area contributed by atoms with E-state index in [4.69, 9.17) is 14.7 Å². The molecule has 1 saturated heterocycles. The molecule has 3 amide bonds. The molecule has 2 aliphatic rings. The molecule has 11 heteroatoms. The van der Waals surface area contributed by atoms with Gasteiger partial charge in [-0.1, -0.05) is 11.3 Å². The molecule has 3 heterocycles. The second-order valence-corrected chi connectivity index (χ2v) is 8.42. The standard InChI is InChI=1S/C22H18N6O4S/c23-11-13-3-6-15(7-4-13)24-22(30)28-9-1-2-16(28)19(29)25-21-27-26-20(33-21)14-5-8-17-18(10-14)32-12-31-17/h3-8,10,16H,1-2,9,12H2,(H,24,30)(H,25,27,29). The number of nitriles is 1. The van der Waals surface area contributed by atoms with Gasteiger partial charge in [0.1, 0.15) is 11.0 Å². The van der Waals surface area contributed by atoms with Gasteiger partial charge in [-0.05, 0) is 55.3 Å². The molecule has 33 heavy (non-hydrogen) atoms. The fourth-order valence-electron chi connectivity index (χ4n) is 3.71. The highest BCUT2D eigenvalue weighted by atomic mass is 32.1. The number of benzene rings is 2. The van der Waals surface area contributed by atoms with Gasteiger partial charge in [-0.2, -0.15) is 5.26 Å². The average molecular weight is 462 g/mol. The molecule has 0 radical (unpaired) electrons. The van der Waals surface area contributed by atoms with Crippen molar-refractivity contribution in [1.29, 1.82) is 5.26 Å². The third-order valence-corrected chi connectivity index (χ3v) is 6.24. The summed E-state index contributed by atoms with van der Waals surface area (Å²) in [5.74, 6) is 1.01. The van der Waals surface area contributed by atoms with Crippen molar-refractivity contribution in [3.8, 4) is 28.1 Å². The highest BCUT2D eigenvalue weighted by Gasteiger charge is 2.34. The molecular formula is C22H18N6O4S. The van der Waals surface area contributed by atoms with Crippen molar-refractivity contribution in [2.75, 3.05) is 24.0 Å². The SMILES string of the molecule is N#Cc1ccc(NC(=O)N2CCCC2C(=O)Nc2nnc(-c3ccc4c(c3)OCO4)s2)cc1. The van der Waals surface area contributed by atoms with Crippen LogP contribution in [0.2, 0.25) is 0 Å². The number of nitrogens with one attached hydrogen (secondary N) is 2. The molecule has 2 aromatic carbocycles. The molecule has 1 aromatic heterocycles. The third kappa shape index (κ3) is 4.28. The predicted molar refractivity (Wildman–Crippen MR) is 120 cm³/mol. The van der Waals surface area contributed by atoms with E-state index >= 15 is 0 Å². The first-order valence-corrected chi connectivity index (χ1v) is 11.0. The summed E-state index contributed by atoms with van der Waals surface area (Å²) in [7, 11) is 0. The Morgan fingerprint density at radius 3 is 2.73 bits per heavy atom. The highest BCUT2D eigenvalue weighted by molar-refractivity contribution is 7.18. The van der Waals surface area contributed by atoms with E-state index in [1.54, 1.807) is 30.3 Å². The van der Waals surface area contributed by atoms with E-state index < -0.39 is 6.04 Å². The van der Waals surface area contributed by atoms with Gasteiger partial charge in [-0.3, -0.25) is 10.1 Å². The van der Waals surface area contributed by atoms with Crippen LogP contribution < -0.4 is 20.1 Å². The van der Waals surface area contributed by atoms with Crippen molar-refractivity contribution in [3.63, 3.8) is 0 Å². The minimum Gasteiger partial charge on any atom is -0.454 e. The number of aromatic nitrogens is 2. The van der Waals surface area contributed by atoms with Crippen molar-refractivity contribution in [3.05, 3.63) is 48.0 Å². The summed E-state index contributed by atoms with van der Waals surface area (Å²) in [6.45, 7) is 0.658. The zero-order chi connectivity index (χ0) is 22.8. The Labute approximate surface area is 192 Å². The van der Waals surface area contributed by atoms with Gasteiger partial charge in [0.2, 0.25) is 17.8 Å². The van der Waals surface area contributed by atoms with Crippen LogP contribution in [0.4, 0.5) is 15.6 Å². The fourth-order valence-corrected chi connectivity index (χ4v) is 4.46. The van der Waals surface area contributed by atoms with Crippen LogP contribution in [0.1, 0.15) is 18.4 Å². The van der Waals surface area contributed by atoms with Gasteiger partial charge >= 0.3 is 6.03 Å². The van der Waals surface area contributed by atoms with Crippen LogP contribution in [0.5, 0.6) is 11.5 Å². The van der Waals surface area contributed by atoms with E-state index in [9.17, 15) is 9.59 Å². The Balaban J connectivity index is 1.23. The summed E-state index contributed by atoms with van der Waals surface area (Å²) >= 11 is 1.24. The number of likely N-dealkylation sites (tertiary alicyclic amines) is 1. The van der Waals surface area contributed by atoms with Crippen LogP contribution in [0.3, 0.4) is 0 Å². The van der Waals surface area contributed by atoms with Crippen molar-refractivity contribution < 1.29 is 19.1 Å². The Morgan fingerprint density at radius 2 is 1.91 bits per heavy atom. The van der Waals surface area contributed by atoms with E-state index in [1.165, 1.54) is 16.2 Å². The number of hydrogen-bond donors (Lipinski definition) is 2. The van der Waals surface area contributed by atoms with E-state index in [-0.39, 0.29) is 18.7 Å². The van der Waals surface area contributed by atoms with Gasteiger partial charge < -0.3 is 19.7 Å². The molecule has 1 fully saturated rings. The normalized spacial score (nSPS) is 16.3. The first-order valence-electron chi connectivity index (χ1n) is 10.2. The summed E-state index contributed by atoms with van der Waals surface area (Å²) < 4.78 is 10.7. The zero-order valence-corrected chi connectivity index (χ0v) is 18.1. The van der Waals surface area contributed by atoms with Crippen LogP contribution in [0.15, 0.2) is 42.5 Å². The van der Waals surface area contributed by atoms with Gasteiger partial charge in [0, 0.05) is 17.8 Å². The molecule has 166 valence electrons. The molecule has 2 aliphatic heterocycles. The van der Waals surface area contributed by atoms with Crippen LogP contribution in [-0.2, 0) is 4.79 Å². The van der Waals surface area contributed by atoms with Crippen molar-refractivity contribution in [2.45, 2.75) is 18.9 Å². The van der Waals surface area contributed by atoms with Crippen molar-refractivity contribution in [1.82, 2.24) is 15.1 Å². The zero-order valence-electron chi connectivity index (χ0n) is 17.3. The summed E-state index contributed by atoms with van der Waals surface area (Å²) in [6.07, 6.45) is 1.28. The highest BCUT2D eigenvalue weighted by Crippen LogP contribution is 2.37. The number of anilines is 2. The number of carbonyl (C=O) groups is 2. The van der Waals surface area contributed by atoms with Gasteiger partial charge in [0.05, 0.1) is 11.6 Å². The molecule has 10 nitrogen and oxygen atoms in total. The quantitative estimate of drug-likeness (QED) is 0.607. The molecule has 1 atom stereocenters. The summed E-state index contributed by atoms with van der Waals surface area (Å²) in [4.78, 5) is 27.1. The molecule has 1 unspecified atom stereocenters. The molecule has 0 bridgehead atoms. The van der Waals surface area contributed by atoms with Crippen LogP contribution >= 0.6 is 11.3 Å². The monoisotopic (exact) mass is 462 g/mol. The van der Waals surface area contributed by atoms with Gasteiger partial charge in [-0.25, -0.2) is 4.79 Å². The van der Waals surface area contributed by atoms with Gasteiger partial charge in [-0.15, -0.1) is 10.2 Å². The van der Waals surface area contributed by atoms with Crippen LogP contribution in [-0.4, -0.2) is 46.4 Å². The Kier molecular flexibility index (Phi) is 5.50. The van der Waals surface area contributed by atoms with Gasteiger partial charge in [0.25, 0.3) is 0 Å². The molecule has 5 rings (SSSR count). The maximum atomic E-state index is 12.9. The molecule has 0 aliphatic carbocycles. The molecule has 2 N–H and O–H groups in total. The maximum Gasteiger partial charge on any atom is 0.322 e. The molecule has 3 aromatic rings. The molecule has 0 spiro atoms. The number of carbonyl (C=O) groups excluding carboxylic acids is 2. The lowest BCUT2D eigenvalue weighted by Crippen LogP contribution is -2.45. The van der Waals surface area contributed by atoms with Crippen LogP contribution in [0.25, 0.3) is 10.6 Å². The lowest BCUT2D eigenvalue weighted by Gasteiger charge is -2.23. The van der Waals surface area contributed by atoms with E-state index in [0.717, 1.165) is 12.0 Å². The lowest BCUT2D eigenvalue weighted by molar-refractivity contribution is -0.119. The minimum atomic E-state index is -0.610. The summed E-state index contributed by atoms with van der Waals surface area (Å²) in [5.41, 5.74) is 1.87. The van der Waals surface area contributed by atoms with Crippen molar-refractivity contribution >= 4 is 34.1 Å². The Bertz CT molecular complexity index is 1250. The summed E-state index contributed by atoms with van der Waals surface area (Å²) in [5, 5.41) is 23.7. The van der Waals surface area contributed by atoms with E-state index in [0.29, 0.717) is 45.9 Å². The molecule has 0 saturated carbocycles. The molecular weight excluding hydrogens is 444 g/mol. The average Bonchev–Trinajstić information content (AvgIpc) is 3.59. The second kappa shape index (κ2) is 8.76. The third-order valence-electron chi connectivity index (χ3n) is 5.36. The lowest BCUT2D eigenvalue weighted by atomic mass is 10.2. The minimum absolute atomic E-state index is 0.187. The number of fused-ring (bicyclic) bond motifs is 1. The number of urea groups is 1. The smallest absolute Gasteiger partial charge is 0.322 e. The Morgan fingerprint density at radius 1 is 1.09 bits per heavy atom. The number of nitrogens with zero attached hydrogens (tertiary/aromatic N) is 4. The number of amides is 3. The second-order valence-electron chi connectivity index (χ2n) is 7.44. The van der Waals surface area contributed by atoms with E-state index in [1.807, 2.05) is 18.2 Å². The van der Waals surface area contributed by atoms with Crippen LogP contribution in [0, 0.1) is 11.3 Å². The topological polar surface area (TPSA) is 129 Å². The maximum absolute atomic E-state index is 12.9. The number of hydrogen-bond acceptors (Lipinski definition) is 8. The predicted octanol–water partition coefficient (Wildman–Crippen LogP) is 3.44. The van der Waals surface area contributed by atoms with Crippen molar-refractivity contribution in [2.24, 2.45) is 0 Å². The number of rotatable bonds is 4. The first kappa shape index (κ1) is 20.7. The summed E-state index contributed by atoms with van der Waals surface area (Å²) in [6, 6.07) is 13.1. The largest absolute Gasteiger partial charge is 0.454 e. The number of ether oxygens (including phenoxy) is 2. The first-order chi connectivity index (χ1) is 16.1. The fraction of sp³-hybridized carbons (Fsp3) is 0.227. The van der Waals surface area contributed by atoms with E-state index in [2.05, 4.69) is 20.8 Å². The Hall–Kier alpha value is -4.17.